The van der Waals surface area contributed by atoms with Crippen molar-refractivity contribution in [1.29, 1.82) is 0 Å². The number of unbranched alkanes of at least 4 members (excludes halogenated alkanes) is 3. The third kappa shape index (κ3) is 8.54. The Kier molecular flexibility index (Phi) is 7.58. The van der Waals surface area contributed by atoms with E-state index in [0.29, 0.717) is 5.41 Å². The minimum absolute atomic E-state index is 0.211. The standard InChI is InChI=1S/C16H33NO/c1-7-8-9-10-13-17-14(18)16(5,6)12-11-15(2,3)4/h7-13H2,1-6H3,(H,17,18). The Morgan fingerprint density at radius 3 is 2.06 bits per heavy atom. The van der Waals surface area contributed by atoms with E-state index in [1.807, 2.05) is 0 Å². The molecule has 0 aromatic heterocycles. The van der Waals surface area contributed by atoms with E-state index >= 15 is 0 Å². The Labute approximate surface area is 114 Å². The lowest BCUT2D eigenvalue weighted by Crippen LogP contribution is -2.38. The highest BCUT2D eigenvalue weighted by molar-refractivity contribution is 5.81. The number of amides is 1. The number of nitrogens with one attached hydrogen (secondary N) is 1. The van der Waals surface area contributed by atoms with Crippen LogP contribution in [0.5, 0.6) is 0 Å². The number of carbonyl (C=O) groups excluding carboxylic acids is 1. The average Bonchev–Trinajstić information content (AvgIpc) is 2.25. The summed E-state index contributed by atoms with van der Waals surface area (Å²) in [7, 11) is 0. The van der Waals surface area contributed by atoms with Crippen LogP contribution in [0.4, 0.5) is 0 Å². The lowest BCUT2D eigenvalue weighted by Gasteiger charge is -2.28. The van der Waals surface area contributed by atoms with Crippen molar-refractivity contribution in [2.45, 2.75) is 80.1 Å². The maximum atomic E-state index is 12.1. The summed E-state index contributed by atoms with van der Waals surface area (Å²) >= 11 is 0. The van der Waals surface area contributed by atoms with Crippen molar-refractivity contribution in [2.24, 2.45) is 10.8 Å². The summed E-state index contributed by atoms with van der Waals surface area (Å²) in [6.07, 6.45) is 6.88. The molecule has 1 amide bonds. The van der Waals surface area contributed by atoms with Gasteiger partial charge in [-0.25, -0.2) is 0 Å². The molecule has 0 aromatic rings. The molecule has 2 nitrogen and oxygen atoms in total. The number of hydrogen-bond donors (Lipinski definition) is 1. The summed E-state index contributed by atoms with van der Waals surface area (Å²) in [6.45, 7) is 13.8. The molecule has 108 valence electrons. The van der Waals surface area contributed by atoms with Gasteiger partial charge in [-0.05, 0) is 24.7 Å². The van der Waals surface area contributed by atoms with Gasteiger partial charge in [0.25, 0.3) is 0 Å². The zero-order chi connectivity index (χ0) is 14.2. The van der Waals surface area contributed by atoms with Crippen molar-refractivity contribution in [3.8, 4) is 0 Å². The second kappa shape index (κ2) is 7.81. The maximum absolute atomic E-state index is 12.1. The van der Waals surface area contributed by atoms with Crippen molar-refractivity contribution >= 4 is 5.91 Å². The Morgan fingerprint density at radius 1 is 0.944 bits per heavy atom. The van der Waals surface area contributed by atoms with Gasteiger partial charge in [-0.3, -0.25) is 4.79 Å². The Bertz CT molecular complexity index is 238. The van der Waals surface area contributed by atoms with Gasteiger partial charge in [0.05, 0.1) is 0 Å². The van der Waals surface area contributed by atoms with Crippen LogP contribution in [0, 0.1) is 10.8 Å². The average molecular weight is 255 g/mol. The van der Waals surface area contributed by atoms with Crippen molar-refractivity contribution in [1.82, 2.24) is 5.32 Å². The molecule has 0 heterocycles. The fraction of sp³-hybridized carbons (Fsp3) is 0.938. The third-order valence-corrected chi connectivity index (χ3v) is 3.43. The summed E-state index contributed by atoms with van der Waals surface area (Å²) in [5.74, 6) is 0.211. The minimum atomic E-state index is -0.238. The van der Waals surface area contributed by atoms with Crippen LogP contribution in [0.25, 0.3) is 0 Å². The van der Waals surface area contributed by atoms with Crippen molar-refractivity contribution in [2.75, 3.05) is 6.54 Å². The lowest BCUT2D eigenvalue weighted by atomic mass is 9.79. The molecule has 18 heavy (non-hydrogen) atoms. The molecule has 0 radical (unpaired) electrons. The zero-order valence-electron chi connectivity index (χ0n) is 13.4. The molecule has 1 N–H and O–H groups in total. The van der Waals surface area contributed by atoms with Gasteiger partial charge < -0.3 is 5.32 Å². The molecule has 0 rings (SSSR count). The SMILES string of the molecule is CCCCCCNC(=O)C(C)(C)CCC(C)(C)C. The van der Waals surface area contributed by atoms with E-state index < -0.39 is 0 Å². The quantitative estimate of drug-likeness (QED) is 0.634. The Balaban J connectivity index is 3.92. The largest absolute Gasteiger partial charge is 0.356 e. The van der Waals surface area contributed by atoms with Gasteiger partial charge in [-0.15, -0.1) is 0 Å². The molecule has 0 spiro atoms. The van der Waals surface area contributed by atoms with E-state index in [1.165, 1.54) is 19.3 Å². The Hall–Kier alpha value is -0.530. The van der Waals surface area contributed by atoms with Crippen molar-refractivity contribution < 1.29 is 4.79 Å². The van der Waals surface area contributed by atoms with Crippen molar-refractivity contribution in [3.05, 3.63) is 0 Å². The fourth-order valence-electron chi connectivity index (χ4n) is 1.79. The van der Waals surface area contributed by atoms with Gasteiger partial charge in [0.15, 0.2) is 0 Å². The molecule has 0 bridgehead atoms. The predicted molar refractivity (Wildman–Crippen MR) is 79.6 cm³/mol. The van der Waals surface area contributed by atoms with Gasteiger partial charge in [0.2, 0.25) is 5.91 Å². The topological polar surface area (TPSA) is 29.1 Å². The van der Waals surface area contributed by atoms with Crippen LogP contribution < -0.4 is 5.32 Å². The van der Waals surface area contributed by atoms with E-state index in [4.69, 9.17) is 0 Å². The molecule has 0 aliphatic heterocycles. The normalized spacial score (nSPS) is 12.6. The van der Waals surface area contributed by atoms with Gasteiger partial charge in [-0.2, -0.15) is 0 Å². The summed E-state index contributed by atoms with van der Waals surface area (Å²) in [5.41, 5.74) is 0.0662. The van der Waals surface area contributed by atoms with Crippen LogP contribution in [-0.4, -0.2) is 12.5 Å². The third-order valence-electron chi connectivity index (χ3n) is 3.43. The van der Waals surface area contributed by atoms with Crippen LogP contribution >= 0.6 is 0 Å². The summed E-state index contributed by atoms with van der Waals surface area (Å²) in [6, 6.07) is 0. The van der Waals surface area contributed by atoms with E-state index in [2.05, 4.69) is 46.9 Å². The van der Waals surface area contributed by atoms with Crippen LogP contribution in [0.2, 0.25) is 0 Å². The van der Waals surface area contributed by atoms with Gasteiger partial charge in [-0.1, -0.05) is 60.8 Å². The Morgan fingerprint density at radius 2 is 1.56 bits per heavy atom. The molecule has 0 atom stereocenters. The first-order valence-electron chi connectivity index (χ1n) is 7.47. The van der Waals surface area contributed by atoms with Crippen LogP contribution in [0.15, 0.2) is 0 Å². The van der Waals surface area contributed by atoms with E-state index in [0.717, 1.165) is 25.8 Å². The van der Waals surface area contributed by atoms with Crippen LogP contribution in [-0.2, 0) is 4.79 Å². The molecule has 0 saturated carbocycles. The van der Waals surface area contributed by atoms with Crippen LogP contribution in [0.3, 0.4) is 0 Å². The molecular weight excluding hydrogens is 222 g/mol. The summed E-state index contributed by atoms with van der Waals surface area (Å²) in [4.78, 5) is 12.1. The van der Waals surface area contributed by atoms with E-state index in [-0.39, 0.29) is 11.3 Å². The van der Waals surface area contributed by atoms with Gasteiger partial charge in [0, 0.05) is 12.0 Å². The second-order valence-corrected chi connectivity index (χ2v) is 7.26. The number of hydrogen-bond acceptors (Lipinski definition) is 1. The van der Waals surface area contributed by atoms with Crippen LogP contribution in [0.1, 0.15) is 80.1 Å². The summed E-state index contributed by atoms with van der Waals surface area (Å²) < 4.78 is 0. The molecular formula is C16H33NO. The fourth-order valence-corrected chi connectivity index (χ4v) is 1.79. The molecule has 0 fully saturated rings. The lowest BCUT2D eigenvalue weighted by molar-refractivity contribution is -0.129. The predicted octanol–water partition coefficient (Wildman–Crippen LogP) is 4.54. The maximum Gasteiger partial charge on any atom is 0.225 e. The number of carbonyl (C=O) groups is 1. The first-order valence-corrected chi connectivity index (χ1v) is 7.47. The minimum Gasteiger partial charge on any atom is -0.356 e. The van der Waals surface area contributed by atoms with Crippen molar-refractivity contribution in [3.63, 3.8) is 0 Å². The molecule has 0 unspecified atom stereocenters. The first-order chi connectivity index (χ1) is 8.19. The van der Waals surface area contributed by atoms with Gasteiger partial charge in [0.1, 0.15) is 0 Å². The second-order valence-electron chi connectivity index (χ2n) is 7.26. The van der Waals surface area contributed by atoms with E-state index in [1.54, 1.807) is 0 Å². The zero-order valence-corrected chi connectivity index (χ0v) is 13.4. The van der Waals surface area contributed by atoms with E-state index in [9.17, 15) is 4.79 Å². The first kappa shape index (κ1) is 17.5. The summed E-state index contributed by atoms with van der Waals surface area (Å²) in [5, 5.41) is 3.08. The molecule has 0 aliphatic carbocycles. The molecule has 0 aliphatic rings. The molecule has 0 aromatic carbocycles. The highest BCUT2D eigenvalue weighted by atomic mass is 16.2. The van der Waals surface area contributed by atoms with Gasteiger partial charge >= 0.3 is 0 Å². The monoisotopic (exact) mass is 255 g/mol. The highest BCUT2D eigenvalue weighted by Crippen LogP contribution is 2.30. The number of rotatable bonds is 8. The smallest absolute Gasteiger partial charge is 0.225 e. The molecule has 2 heteroatoms. The highest BCUT2D eigenvalue weighted by Gasteiger charge is 2.28. The molecule has 0 saturated heterocycles.